The largest absolute Gasteiger partial charge is 0.491 e. The molecule has 2 heterocycles. The first-order chi connectivity index (χ1) is 12.5. The molecule has 0 aromatic heterocycles. The predicted molar refractivity (Wildman–Crippen MR) is 93.5 cm³/mol. The Morgan fingerprint density at radius 2 is 1.96 bits per heavy atom. The summed E-state index contributed by atoms with van der Waals surface area (Å²) in [5.74, 6) is 0.334. The Morgan fingerprint density at radius 1 is 1.23 bits per heavy atom. The van der Waals surface area contributed by atoms with E-state index >= 15 is 0 Å². The number of carbonyl (C=O) groups excluding carboxylic acids is 2. The number of hydrogen-bond acceptors (Lipinski definition) is 5. The third-order valence-electron chi connectivity index (χ3n) is 4.88. The van der Waals surface area contributed by atoms with Crippen molar-refractivity contribution in [2.45, 2.75) is 19.4 Å². The summed E-state index contributed by atoms with van der Waals surface area (Å²) in [7, 11) is 0. The summed E-state index contributed by atoms with van der Waals surface area (Å²) in [5, 5.41) is 11.0. The molecule has 3 rings (SSSR count). The standard InChI is InChI=1S/C18H21N3O5/c1-2-17(22)19-7-5-13(6-8-19)18(23)20-9-10-26-16-4-3-15(21(24)25)11-14(16)12-20/h2-4,11,13H,1,5-10,12H2. The zero-order valence-electron chi connectivity index (χ0n) is 14.4. The van der Waals surface area contributed by atoms with Crippen LogP contribution in [0, 0.1) is 16.0 Å². The number of benzene rings is 1. The van der Waals surface area contributed by atoms with Crippen LogP contribution in [0.2, 0.25) is 0 Å². The zero-order valence-corrected chi connectivity index (χ0v) is 14.4. The molecule has 2 amide bonds. The molecule has 2 aliphatic rings. The molecule has 8 nitrogen and oxygen atoms in total. The van der Waals surface area contributed by atoms with Gasteiger partial charge in [-0.1, -0.05) is 6.58 Å². The van der Waals surface area contributed by atoms with Gasteiger partial charge in [0.15, 0.2) is 0 Å². The third-order valence-corrected chi connectivity index (χ3v) is 4.88. The molecule has 2 aliphatic heterocycles. The molecular formula is C18H21N3O5. The second kappa shape index (κ2) is 7.55. The fraction of sp³-hybridized carbons (Fsp3) is 0.444. The van der Waals surface area contributed by atoms with Crippen molar-refractivity contribution in [3.05, 3.63) is 46.5 Å². The van der Waals surface area contributed by atoms with Gasteiger partial charge in [0, 0.05) is 43.2 Å². The topological polar surface area (TPSA) is 93.0 Å². The fourth-order valence-corrected chi connectivity index (χ4v) is 3.42. The molecule has 0 saturated carbocycles. The van der Waals surface area contributed by atoms with Crippen LogP contribution in [0.25, 0.3) is 0 Å². The maximum Gasteiger partial charge on any atom is 0.270 e. The number of fused-ring (bicyclic) bond motifs is 1. The van der Waals surface area contributed by atoms with Crippen molar-refractivity contribution in [3.63, 3.8) is 0 Å². The van der Waals surface area contributed by atoms with Crippen molar-refractivity contribution in [2.24, 2.45) is 5.92 Å². The van der Waals surface area contributed by atoms with Crippen molar-refractivity contribution in [1.82, 2.24) is 9.80 Å². The lowest BCUT2D eigenvalue weighted by molar-refractivity contribution is -0.384. The third kappa shape index (κ3) is 3.68. The van der Waals surface area contributed by atoms with Crippen molar-refractivity contribution in [2.75, 3.05) is 26.2 Å². The van der Waals surface area contributed by atoms with Gasteiger partial charge in [0.2, 0.25) is 11.8 Å². The minimum Gasteiger partial charge on any atom is -0.491 e. The van der Waals surface area contributed by atoms with Gasteiger partial charge in [-0.15, -0.1) is 0 Å². The Hall–Kier alpha value is -2.90. The monoisotopic (exact) mass is 359 g/mol. The van der Waals surface area contributed by atoms with Gasteiger partial charge < -0.3 is 14.5 Å². The van der Waals surface area contributed by atoms with Crippen LogP contribution in [0.15, 0.2) is 30.9 Å². The summed E-state index contributed by atoms with van der Waals surface area (Å²) in [6.07, 6.45) is 2.51. The van der Waals surface area contributed by atoms with E-state index < -0.39 is 4.92 Å². The summed E-state index contributed by atoms with van der Waals surface area (Å²) in [4.78, 5) is 38.5. The number of non-ortho nitro benzene ring substituents is 1. The molecule has 0 radical (unpaired) electrons. The highest BCUT2D eigenvalue weighted by Crippen LogP contribution is 2.29. The molecule has 1 fully saturated rings. The number of hydrogen-bond donors (Lipinski definition) is 0. The van der Waals surface area contributed by atoms with Crippen LogP contribution in [0.4, 0.5) is 5.69 Å². The van der Waals surface area contributed by atoms with Crippen LogP contribution in [0.3, 0.4) is 0 Å². The number of nitrogens with zero attached hydrogens (tertiary/aromatic N) is 3. The van der Waals surface area contributed by atoms with Gasteiger partial charge in [0.05, 0.1) is 11.5 Å². The van der Waals surface area contributed by atoms with Gasteiger partial charge in [-0.25, -0.2) is 0 Å². The maximum absolute atomic E-state index is 12.9. The summed E-state index contributed by atoms with van der Waals surface area (Å²) < 4.78 is 5.63. The molecule has 0 bridgehead atoms. The average Bonchev–Trinajstić information content (AvgIpc) is 2.88. The van der Waals surface area contributed by atoms with Crippen molar-refractivity contribution in [3.8, 4) is 5.75 Å². The van der Waals surface area contributed by atoms with E-state index in [1.54, 1.807) is 15.9 Å². The molecule has 0 spiro atoms. The summed E-state index contributed by atoms with van der Waals surface area (Å²) in [6, 6.07) is 4.45. The van der Waals surface area contributed by atoms with E-state index in [2.05, 4.69) is 6.58 Å². The molecule has 0 unspecified atom stereocenters. The second-order valence-electron chi connectivity index (χ2n) is 6.46. The van der Waals surface area contributed by atoms with Crippen molar-refractivity contribution in [1.29, 1.82) is 0 Å². The van der Waals surface area contributed by atoms with Crippen molar-refractivity contribution >= 4 is 17.5 Å². The van der Waals surface area contributed by atoms with E-state index in [4.69, 9.17) is 4.74 Å². The normalized spacial score (nSPS) is 17.7. The highest BCUT2D eigenvalue weighted by molar-refractivity contribution is 5.87. The van der Waals surface area contributed by atoms with Crippen LogP contribution in [-0.2, 0) is 16.1 Å². The number of rotatable bonds is 3. The molecule has 1 aromatic rings. The van der Waals surface area contributed by atoms with E-state index in [1.165, 1.54) is 18.2 Å². The molecule has 26 heavy (non-hydrogen) atoms. The van der Waals surface area contributed by atoms with Crippen LogP contribution in [0.1, 0.15) is 18.4 Å². The first kappa shape index (κ1) is 17.9. The van der Waals surface area contributed by atoms with Gasteiger partial charge >= 0.3 is 0 Å². The predicted octanol–water partition coefficient (Wildman–Crippen LogP) is 1.74. The number of carbonyl (C=O) groups is 2. The van der Waals surface area contributed by atoms with Gasteiger partial charge in [-0.3, -0.25) is 19.7 Å². The Labute approximate surface area is 151 Å². The highest BCUT2D eigenvalue weighted by Gasteiger charge is 2.31. The first-order valence-electron chi connectivity index (χ1n) is 8.60. The number of likely N-dealkylation sites (tertiary alicyclic amines) is 1. The lowest BCUT2D eigenvalue weighted by atomic mass is 9.95. The highest BCUT2D eigenvalue weighted by atomic mass is 16.6. The quantitative estimate of drug-likeness (QED) is 0.466. The number of piperidine rings is 1. The lowest BCUT2D eigenvalue weighted by Gasteiger charge is -2.33. The Balaban J connectivity index is 1.69. The van der Waals surface area contributed by atoms with Crippen LogP contribution < -0.4 is 4.74 Å². The summed E-state index contributed by atoms with van der Waals surface area (Å²) in [5.41, 5.74) is 0.627. The molecule has 1 aromatic carbocycles. The Morgan fingerprint density at radius 3 is 2.62 bits per heavy atom. The molecule has 0 aliphatic carbocycles. The van der Waals surface area contributed by atoms with Gasteiger partial charge in [-0.05, 0) is 25.0 Å². The van der Waals surface area contributed by atoms with Gasteiger partial charge in [0.25, 0.3) is 5.69 Å². The number of amides is 2. The number of ether oxygens (including phenoxy) is 1. The molecular weight excluding hydrogens is 338 g/mol. The second-order valence-corrected chi connectivity index (χ2v) is 6.46. The molecule has 1 saturated heterocycles. The molecule has 138 valence electrons. The van der Waals surface area contributed by atoms with Crippen LogP contribution in [-0.4, -0.2) is 52.8 Å². The Bertz CT molecular complexity index is 740. The van der Waals surface area contributed by atoms with E-state index in [-0.39, 0.29) is 23.4 Å². The maximum atomic E-state index is 12.9. The number of nitro groups is 1. The van der Waals surface area contributed by atoms with Gasteiger partial charge in [0.1, 0.15) is 12.4 Å². The lowest BCUT2D eigenvalue weighted by Crippen LogP contribution is -2.44. The summed E-state index contributed by atoms with van der Waals surface area (Å²) in [6.45, 7) is 5.64. The van der Waals surface area contributed by atoms with Crippen LogP contribution >= 0.6 is 0 Å². The SMILES string of the molecule is C=CC(=O)N1CCC(C(=O)N2CCOc3ccc([N+](=O)[O-])cc3C2)CC1. The number of nitro benzene ring substituents is 1. The average molecular weight is 359 g/mol. The smallest absolute Gasteiger partial charge is 0.270 e. The van der Waals surface area contributed by atoms with E-state index in [1.807, 2.05) is 0 Å². The molecule has 0 N–H and O–H groups in total. The minimum atomic E-state index is -0.455. The summed E-state index contributed by atoms with van der Waals surface area (Å²) >= 11 is 0. The Kier molecular flexibility index (Phi) is 5.20. The zero-order chi connectivity index (χ0) is 18.7. The van der Waals surface area contributed by atoms with E-state index in [0.29, 0.717) is 56.9 Å². The van der Waals surface area contributed by atoms with Crippen LogP contribution in [0.5, 0.6) is 5.75 Å². The first-order valence-corrected chi connectivity index (χ1v) is 8.60. The van der Waals surface area contributed by atoms with E-state index in [9.17, 15) is 19.7 Å². The minimum absolute atomic E-state index is 0.0126. The fourth-order valence-electron chi connectivity index (χ4n) is 3.42. The van der Waals surface area contributed by atoms with Gasteiger partial charge in [-0.2, -0.15) is 0 Å². The van der Waals surface area contributed by atoms with E-state index in [0.717, 1.165) is 0 Å². The molecule has 0 atom stereocenters. The molecule has 8 heteroatoms. The van der Waals surface area contributed by atoms with Crippen molar-refractivity contribution < 1.29 is 19.2 Å².